The summed E-state index contributed by atoms with van der Waals surface area (Å²) in [6, 6.07) is 18.7. The minimum atomic E-state index is 0.0303. The first kappa shape index (κ1) is 16.5. The van der Waals surface area contributed by atoms with Gasteiger partial charge in [0.1, 0.15) is 12.4 Å². The van der Waals surface area contributed by atoms with Crippen LogP contribution in [0, 0.1) is 0 Å². The normalized spacial score (nSPS) is 12.4. The molecule has 0 spiro atoms. The molecule has 0 radical (unpaired) electrons. The fraction of sp³-hybridized carbons (Fsp3) is 0.368. The molecule has 0 saturated carbocycles. The van der Waals surface area contributed by atoms with Gasteiger partial charge in [0.25, 0.3) is 0 Å². The van der Waals surface area contributed by atoms with Crippen LogP contribution in [0.5, 0.6) is 5.75 Å². The van der Waals surface area contributed by atoms with Crippen LogP contribution in [0.2, 0.25) is 0 Å². The molecule has 0 bridgehead atoms. The van der Waals surface area contributed by atoms with E-state index in [1.54, 1.807) is 7.11 Å². The lowest BCUT2D eigenvalue weighted by molar-refractivity contribution is 0.100. The average Bonchev–Trinajstić information content (AvgIpc) is 2.55. The van der Waals surface area contributed by atoms with Crippen LogP contribution in [-0.4, -0.2) is 19.7 Å². The molecule has 0 aliphatic carbocycles. The zero-order valence-electron chi connectivity index (χ0n) is 13.6. The van der Waals surface area contributed by atoms with Crippen LogP contribution < -0.4 is 10.1 Å². The van der Waals surface area contributed by atoms with Gasteiger partial charge >= 0.3 is 0 Å². The Morgan fingerprint density at radius 1 is 1.00 bits per heavy atom. The average molecular weight is 299 g/mol. The summed E-state index contributed by atoms with van der Waals surface area (Å²) in [4.78, 5) is 0. The van der Waals surface area contributed by atoms with Crippen LogP contribution in [0.4, 0.5) is 0 Å². The van der Waals surface area contributed by atoms with Gasteiger partial charge in [0.2, 0.25) is 0 Å². The predicted octanol–water partition coefficient (Wildman–Crippen LogP) is 3.95. The van der Waals surface area contributed by atoms with Crippen molar-refractivity contribution in [2.24, 2.45) is 0 Å². The number of benzene rings is 2. The third-order valence-electron chi connectivity index (χ3n) is 3.47. The van der Waals surface area contributed by atoms with E-state index in [9.17, 15) is 0 Å². The van der Waals surface area contributed by atoms with Gasteiger partial charge in [0.05, 0.1) is 6.10 Å². The third kappa shape index (κ3) is 5.17. The first-order valence-electron chi connectivity index (χ1n) is 7.72. The van der Waals surface area contributed by atoms with Gasteiger partial charge in [-0.15, -0.1) is 0 Å². The quantitative estimate of drug-likeness (QED) is 0.800. The summed E-state index contributed by atoms with van der Waals surface area (Å²) < 4.78 is 11.5. The topological polar surface area (TPSA) is 30.5 Å². The standard InChI is InChI=1S/C19H25NO2/c1-15(2)20-13-19(21-3)17-10-7-11-18(12-17)22-14-16-8-5-4-6-9-16/h4-12,15,19-20H,13-14H2,1-3H3. The molecular formula is C19H25NO2. The lowest BCUT2D eigenvalue weighted by Crippen LogP contribution is -2.28. The maximum Gasteiger partial charge on any atom is 0.120 e. The Balaban J connectivity index is 1.99. The maximum absolute atomic E-state index is 5.88. The molecule has 22 heavy (non-hydrogen) atoms. The number of hydrogen-bond donors (Lipinski definition) is 1. The Morgan fingerprint density at radius 3 is 2.45 bits per heavy atom. The highest BCUT2D eigenvalue weighted by atomic mass is 16.5. The van der Waals surface area contributed by atoms with Gasteiger partial charge in [-0.05, 0) is 23.3 Å². The molecule has 0 saturated heterocycles. The highest BCUT2D eigenvalue weighted by Gasteiger charge is 2.11. The molecule has 1 atom stereocenters. The molecule has 2 aromatic carbocycles. The van der Waals surface area contributed by atoms with Crippen molar-refractivity contribution >= 4 is 0 Å². The second-order valence-corrected chi connectivity index (χ2v) is 5.63. The minimum absolute atomic E-state index is 0.0303. The molecule has 3 nitrogen and oxygen atoms in total. The van der Waals surface area contributed by atoms with E-state index in [2.05, 4.69) is 43.4 Å². The number of hydrogen-bond acceptors (Lipinski definition) is 3. The zero-order valence-corrected chi connectivity index (χ0v) is 13.6. The molecule has 1 unspecified atom stereocenters. The van der Waals surface area contributed by atoms with E-state index < -0.39 is 0 Å². The van der Waals surface area contributed by atoms with Gasteiger partial charge in [-0.25, -0.2) is 0 Å². The monoisotopic (exact) mass is 299 g/mol. The van der Waals surface area contributed by atoms with Gasteiger partial charge in [-0.2, -0.15) is 0 Å². The van der Waals surface area contributed by atoms with Gasteiger partial charge in [0.15, 0.2) is 0 Å². The van der Waals surface area contributed by atoms with E-state index in [0.29, 0.717) is 12.6 Å². The van der Waals surface area contributed by atoms with Crippen molar-refractivity contribution in [1.29, 1.82) is 0 Å². The first-order valence-corrected chi connectivity index (χ1v) is 7.72. The molecule has 0 heterocycles. The van der Waals surface area contributed by atoms with Crippen LogP contribution in [0.25, 0.3) is 0 Å². The summed E-state index contributed by atoms with van der Waals surface area (Å²) in [5.74, 6) is 0.868. The number of methoxy groups -OCH3 is 1. The largest absolute Gasteiger partial charge is 0.489 e. The highest BCUT2D eigenvalue weighted by Crippen LogP contribution is 2.22. The molecule has 0 amide bonds. The van der Waals surface area contributed by atoms with Crippen molar-refractivity contribution < 1.29 is 9.47 Å². The number of nitrogens with one attached hydrogen (secondary N) is 1. The van der Waals surface area contributed by atoms with Crippen molar-refractivity contribution in [3.05, 3.63) is 65.7 Å². The molecule has 0 aliphatic rings. The lowest BCUT2D eigenvalue weighted by Gasteiger charge is -2.19. The number of rotatable bonds is 8. The predicted molar refractivity (Wildman–Crippen MR) is 90.1 cm³/mol. The van der Waals surface area contributed by atoms with Crippen LogP contribution in [-0.2, 0) is 11.3 Å². The summed E-state index contributed by atoms with van der Waals surface area (Å²) in [6.45, 7) is 5.63. The fourth-order valence-corrected chi connectivity index (χ4v) is 2.23. The van der Waals surface area contributed by atoms with Crippen molar-refractivity contribution in [3.63, 3.8) is 0 Å². The molecule has 118 valence electrons. The molecule has 0 aromatic heterocycles. The van der Waals surface area contributed by atoms with Crippen molar-refractivity contribution in [2.45, 2.75) is 32.6 Å². The van der Waals surface area contributed by atoms with E-state index >= 15 is 0 Å². The van der Waals surface area contributed by atoms with E-state index in [0.717, 1.165) is 23.4 Å². The lowest BCUT2D eigenvalue weighted by atomic mass is 10.1. The van der Waals surface area contributed by atoms with Crippen LogP contribution in [0.1, 0.15) is 31.1 Å². The summed E-state index contributed by atoms with van der Waals surface area (Å²) in [6.07, 6.45) is 0.0303. The highest BCUT2D eigenvalue weighted by molar-refractivity contribution is 5.30. The molecule has 0 aliphatic heterocycles. The Morgan fingerprint density at radius 2 is 1.77 bits per heavy atom. The fourth-order valence-electron chi connectivity index (χ4n) is 2.23. The zero-order chi connectivity index (χ0) is 15.8. The van der Waals surface area contributed by atoms with E-state index in [1.165, 1.54) is 0 Å². The molecule has 3 heteroatoms. The van der Waals surface area contributed by atoms with E-state index in [1.807, 2.05) is 30.3 Å². The van der Waals surface area contributed by atoms with Crippen molar-refractivity contribution in [2.75, 3.05) is 13.7 Å². The van der Waals surface area contributed by atoms with Gasteiger partial charge in [-0.1, -0.05) is 56.3 Å². The van der Waals surface area contributed by atoms with Crippen molar-refractivity contribution in [1.82, 2.24) is 5.32 Å². The Bertz CT molecular complexity index is 554. The van der Waals surface area contributed by atoms with Gasteiger partial charge in [-0.3, -0.25) is 0 Å². The smallest absolute Gasteiger partial charge is 0.120 e. The summed E-state index contributed by atoms with van der Waals surface area (Å²) in [7, 11) is 1.74. The van der Waals surface area contributed by atoms with E-state index in [4.69, 9.17) is 9.47 Å². The number of ether oxygens (including phenoxy) is 2. The summed E-state index contributed by atoms with van der Waals surface area (Å²) >= 11 is 0. The third-order valence-corrected chi connectivity index (χ3v) is 3.47. The molecule has 2 aromatic rings. The van der Waals surface area contributed by atoms with Crippen molar-refractivity contribution in [3.8, 4) is 5.75 Å². The summed E-state index contributed by atoms with van der Waals surface area (Å²) in [5, 5.41) is 3.41. The first-order chi connectivity index (χ1) is 10.7. The molecule has 2 rings (SSSR count). The van der Waals surface area contributed by atoms with E-state index in [-0.39, 0.29) is 6.10 Å². The molecule has 0 fully saturated rings. The SMILES string of the molecule is COC(CNC(C)C)c1cccc(OCc2ccccc2)c1. The maximum atomic E-state index is 5.88. The van der Waals surface area contributed by atoms with Gasteiger partial charge < -0.3 is 14.8 Å². The minimum Gasteiger partial charge on any atom is -0.489 e. The second-order valence-electron chi connectivity index (χ2n) is 5.63. The van der Waals surface area contributed by atoms with Gasteiger partial charge in [0, 0.05) is 19.7 Å². The second kappa shape index (κ2) is 8.57. The molecular weight excluding hydrogens is 274 g/mol. The van der Waals surface area contributed by atoms with Crippen LogP contribution in [0.15, 0.2) is 54.6 Å². The molecule has 1 N–H and O–H groups in total. The van der Waals surface area contributed by atoms with Crippen LogP contribution >= 0.6 is 0 Å². The Hall–Kier alpha value is -1.84. The summed E-state index contributed by atoms with van der Waals surface area (Å²) in [5.41, 5.74) is 2.29. The Labute approximate surface area is 133 Å². The van der Waals surface area contributed by atoms with Crippen LogP contribution in [0.3, 0.4) is 0 Å². The Kier molecular flexibility index (Phi) is 6.44.